The Kier molecular flexibility index (Phi) is 4.35. The normalized spacial score (nSPS) is 11.1. The van der Waals surface area contributed by atoms with Gasteiger partial charge in [-0.15, -0.1) is 11.3 Å². The van der Waals surface area contributed by atoms with Gasteiger partial charge in [-0.3, -0.25) is 0 Å². The molecule has 2 N–H and O–H groups in total. The number of nitrogens with zero attached hydrogens (tertiary/aromatic N) is 4. The van der Waals surface area contributed by atoms with Gasteiger partial charge in [0.1, 0.15) is 12.1 Å². The van der Waals surface area contributed by atoms with Gasteiger partial charge in [-0.1, -0.05) is 23.7 Å². The summed E-state index contributed by atoms with van der Waals surface area (Å²) >= 11 is 7.53. The van der Waals surface area contributed by atoms with Crippen LogP contribution in [0.3, 0.4) is 0 Å². The number of nitrogens with one attached hydrogen (secondary N) is 1. The monoisotopic (exact) mass is 371 g/mol. The van der Waals surface area contributed by atoms with E-state index in [0.29, 0.717) is 11.6 Å². The van der Waals surface area contributed by atoms with Crippen LogP contribution < -0.4 is 5.32 Å². The van der Waals surface area contributed by atoms with Crippen LogP contribution in [0.25, 0.3) is 21.5 Å². The van der Waals surface area contributed by atoms with E-state index >= 15 is 0 Å². The smallest absolute Gasteiger partial charge is 0.152 e. The van der Waals surface area contributed by atoms with Crippen LogP contribution in [0.5, 0.6) is 0 Å². The molecule has 1 aromatic carbocycles. The molecule has 6 nitrogen and oxygen atoms in total. The molecule has 0 bridgehead atoms. The molecule has 0 aliphatic rings. The molecule has 4 aromatic rings. The number of halogens is 1. The van der Waals surface area contributed by atoms with E-state index in [9.17, 15) is 5.11 Å². The second-order valence-electron chi connectivity index (χ2n) is 5.35. The van der Waals surface area contributed by atoms with E-state index in [1.165, 1.54) is 6.33 Å². The number of fused-ring (bicyclic) bond motifs is 1. The van der Waals surface area contributed by atoms with Crippen LogP contribution >= 0.6 is 22.9 Å². The largest absolute Gasteiger partial charge is 0.394 e. The van der Waals surface area contributed by atoms with Crippen molar-refractivity contribution >= 4 is 44.8 Å². The fourth-order valence-corrected chi connectivity index (χ4v) is 3.46. The SMILES string of the molecule is OCCn1nc(-c2ccc(Cl)cc2)cc1Nc1ncnc2ccsc12. The molecule has 4 rings (SSSR count). The van der Waals surface area contributed by atoms with Crippen molar-refractivity contribution in [1.82, 2.24) is 19.7 Å². The minimum atomic E-state index is -0.00535. The summed E-state index contributed by atoms with van der Waals surface area (Å²) in [6, 6.07) is 11.4. The third-order valence-corrected chi connectivity index (χ3v) is 4.88. The van der Waals surface area contributed by atoms with E-state index in [1.54, 1.807) is 16.0 Å². The highest BCUT2D eigenvalue weighted by atomic mass is 35.5. The number of thiophene rings is 1. The molecule has 0 spiro atoms. The lowest BCUT2D eigenvalue weighted by atomic mass is 10.1. The van der Waals surface area contributed by atoms with Crippen LogP contribution in [-0.4, -0.2) is 31.5 Å². The summed E-state index contributed by atoms with van der Waals surface area (Å²) in [7, 11) is 0. The van der Waals surface area contributed by atoms with Crippen LogP contribution in [-0.2, 0) is 6.54 Å². The highest BCUT2D eigenvalue weighted by Gasteiger charge is 2.12. The molecule has 8 heteroatoms. The van der Waals surface area contributed by atoms with Crippen molar-refractivity contribution in [3.8, 4) is 11.3 Å². The molecule has 0 atom stereocenters. The summed E-state index contributed by atoms with van der Waals surface area (Å²) in [4.78, 5) is 8.58. The Morgan fingerprint density at radius 2 is 2.00 bits per heavy atom. The fourth-order valence-electron chi connectivity index (χ4n) is 2.54. The maximum Gasteiger partial charge on any atom is 0.152 e. The predicted molar refractivity (Wildman–Crippen MR) is 100 cm³/mol. The number of rotatable bonds is 5. The second kappa shape index (κ2) is 6.79. The first kappa shape index (κ1) is 16.0. The lowest BCUT2D eigenvalue weighted by Crippen LogP contribution is -2.08. The van der Waals surface area contributed by atoms with E-state index in [1.807, 2.05) is 41.8 Å². The molecule has 3 aromatic heterocycles. The standard InChI is InChI=1S/C17H14ClN5OS/c18-12-3-1-11(2-4-12)14-9-15(23(22-14)6-7-24)21-17-16-13(5-8-25-16)19-10-20-17/h1-5,8-10,24H,6-7H2,(H,19,20,21). The van der Waals surface area contributed by atoms with Crippen LogP contribution in [0.1, 0.15) is 0 Å². The molecule has 0 radical (unpaired) electrons. The number of anilines is 2. The van der Waals surface area contributed by atoms with Gasteiger partial charge in [0, 0.05) is 16.7 Å². The highest BCUT2D eigenvalue weighted by Crippen LogP contribution is 2.29. The third kappa shape index (κ3) is 3.21. The maximum atomic E-state index is 9.34. The van der Waals surface area contributed by atoms with E-state index in [4.69, 9.17) is 11.6 Å². The fraction of sp³-hybridized carbons (Fsp3) is 0.118. The van der Waals surface area contributed by atoms with Crippen LogP contribution in [0.4, 0.5) is 11.6 Å². The van der Waals surface area contributed by atoms with Crippen LogP contribution in [0.15, 0.2) is 48.1 Å². The lowest BCUT2D eigenvalue weighted by Gasteiger charge is -2.08. The molecule has 0 saturated heterocycles. The number of aliphatic hydroxyl groups excluding tert-OH is 1. The predicted octanol–water partition coefficient (Wildman–Crippen LogP) is 3.94. The highest BCUT2D eigenvalue weighted by molar-refractivity contribution is 7.17. The first-order valence-electron chi connectivity index (χ1n) is 7.64. The Morgan fingerprint density at radius 3 is 2.80 bits per heavy atom. The zero-order valence-corrected chi connectivity index (χ0v) is 14.6. The minimum absolute atomic E-state index is 0.00535. The van der Waals surface area contributed by atoms with Gasteiger partial charge in [0.25, 0.3) is 0 Å². The maximum absolute atomic E-state index is 9.34. The molecule has 3 heterocycles. The average molecular weight is 372 g/mol. The summed E-state index contributed by atoms with van der Waals surface area (Å²) < 4.78 is 2.71. The van der Waals surface area contributed by atoms with Crippen LogP contribution in [0, 0.1) is 0 Å². The average Bonchev–Trinajstić information content (AvgIpc) is 3.24. The van der Waals surface area contributed by atoms with Crippen molar-refractivity contribution in [2.45, 2.75) is 6.54 Å². The Morgan fingerprint density at radius 1 is 1.16 bits per heavy atom. The number of aliphatic hydroxyl groups is 1. The summed E-state index contributed by atoms with van der Waals surface area (Å²) in [5, 5.41) is 19.9. The first-order chi connectivity index (χ1) is 12.2. The molecule has 126 valence electrons. The summed E-state index contributed by atoms with van der Waals surface area (Å²) in [5.41, 5.74) is 2.64. The van der Waals surface area contributed by atoms with Gasteiger partial charge in [0.2, 0.25) is 0 Å². The zero-order valence-electron chi connectivity index (χ0n) is 13.1. The molecule has 0 fully saturated rings. The summed E-state index contributed by atoms with van der Waals surface area (Å²) in [5.74, 6) is 1.48. The van der Waals surface area contributed by atoms with Gasteiger partial charge in [0.05, 0.1) is 29.1 Å². The van der Waals surface area contributed by atoms with Crippen molar-refractivity contribution in [1.29, 1.82) is 0 Å². The van der Waals surface area contributed by atoms with Crippen molar-refractivity contribution in [3.05, 3.63) is 53.1 Å². The van der Waals surface area contributed by atoms with Crippen molar-refractivity contribution in [2.24, 2.45) is 0 Å². The van der Waals surface area contributed by atoms with Crippen molar-refractivity contribution < 1.29 is 5.11 Å². The van der Waals surface area contributed by atoms with E-state index < -0.39 is 0 Å². The molecule has 0 unspecified atom stereocenters. The lowest BCUT2D eigenvalue weighted by molar-refractivity contribution is 0.270. The van der Waals surface area contributed by atoms with E-state index in [-0.39, 0.29) is 6.61 Å². The molecular formula is C17H14ClN5OS. The second-order valence-corrected chi connectivity index (χ2v) is 6.70. The zero-order chi connectivity index (χ0) is 17.2. The Balaban J connectivity index is 1.73. The van der Waals surface area contributed by atoms with Crippen molar-refractivity contribution in [3.63, 3.8) is 0 Å². The molecule has 0 aliphatic heterocycles. The van der Waals surface area contributed by atoms with Gasteiger partial charge in [-0.05, 0) is 23.6 Å². The van der Waals surface area contributed by atoms with Gasteiger partial charge in [0.15, 0.2) is 5.82 Å². The van der Waals surface area contributed by atoms with E-state index in [2.05, 4.69) is 20.4 Å². The Hall–Kier alpha value is -2.48. The van der Waals surface area contributed by atoms with Crippen molar-refractivity contribution in [2.75, 3.05) is 11.9 Å². The van der Waals surface area contributed by atoms with Gasteiger partial charge in [-0.25, -0.2) is 14.6 Å². The van der Waals surface area contributed by atoms with E-state index in [0.717, 1.165) is 33.1 Å². The quantitative estimate of drug-likeness (QED) is 0.555. The molecule has 0 aliphatic carbocycles. The Bertz CT molecular complexity index is 1010. The van der Waals surface area contributed by atoms with Gasteiger partial charge >= 0.3 is 0 Å². The van der Waals surface area contributed by atoms with Gasteiger partial charge < -0.3 is 10.4 Å². The summed E-state index contributed by atoms with van der Waals surface area (Å²) in [6.07, 6.45) is 1.53. The molecule has 0 saturated carbocycles. The third-order valence-electron chi connectivity index (χ3n) is 3.72. The summed E-state index contributed by atoms with van der Waals surface area (Å²) in [6.45, 7) is 0.378. The molecule has 0 amide bonds. The van der Waals surface area contributed by atoms with Crippen LogP contribution in [0.2, 0.25) is 5.02 Å². The number of benzene rings is 1. The van der Waals surface area contributed by atoms with Gasteiger partial charge in [-0.2, -0.15) is 5.10 Å². The first-order valence-corrected chi connectivity index (χ1v) is 8.90. The number of aromatic nitrogens is 4. The Labute approximate surface area is 152 Å². The number of hydrogen-bond donors (Lipinski definition) is 2. The molecule has 25 heavy (non-hydrogen) atoms. The number of hydrogen-bond acceptors (Lipinski definition) is 6. The molecular weight excluding hydrogens is 358 g/mol. The topological polar surface area (TPSA) is 75.9 Å². The minimum Gasteiger partial charge on any atom is -0.394 e.